The average Bonchev–Trinajstić information content (AvgIpc) is 3.20. The van der Waals surface area contributed by atoms with Crippen LogP contribution in [0.15, 0.2) is 9.52 Å². The molecule has 144 valence electrons. The quantitative estimate of drug-likeness (QED) is 0.404. The van der Waals surface area contributed by atoms with E-state index in [9.17, 15) is 0 Å². The summed E-state index contributed by atoms with van der Waals surface area (Å²) in [5, 5.41) is 19.2. The van der Waals surface area contributed by atoms with Gasteiger partial charge in [0.2, 0.25) is 0 Å². The lowest BCUT2D eigenvalue weighted by Gasteiger charge is -2.12. The molecular weight excluding hydrogens is 330 g/mol. The van der Waals surface area contributed by atoms with Gasteiger partial charge in [-0.15, -0.1) is 10.2 Å². The second-order valence-corrected chi connectivity index (χ2v) is 6.26. The van der Waals surface area contributed by atoms with Gasteiger partial charge in [-0.05, 0) is 19.8 Å². The Balaban J connectivity index is 2.09. The first-order valence-electron chi connectivity index (χ1n) is 9.43. The maximum atomic E-state index is 5.43. The molecule has 0 saturated heterocycles. The second kappa shape index (κ2) is 9.94. The van der Waals surface area contributed by atoms with E-state index in [2.05, 4.69) is 46.8 Å². The Hall–Kier alpha value is -2.38. The van der Waals surface area contributed by atoms with Crippen molar-refractivity contribution in [3.8, 4) is 0 Å². The van der Waals surface area contributed by atoms with E-state index in [4.69, 9.17) is 9.52 Å². The lowest BCUT2D eigenvalue weighted by Crippen LogP contribution is -2.38. The van der Waals surface area contributed by atoms with Crippen molar-refractivity contribution in [3.63, 3.8) is 0 Å². The Morgan fingerprint density at radius 3 is 2.58 bits per heavy atom. The number of aromatic nitrogens is 4. The lowest BCUT2D eigenvalue weighted by atomic mass is 10.1. The van der Waals surface area contributed by atoms with Gasteiger partial charge in [-0.1, -0.05) is 32.3 Å². The fourth-order valence-corrected chi connectivity index (χ4v) is 2.60. The van der Waals surface area contributed by atoms with Gasteiger partial charge < -0.3 is 19.7 Å². The van der Waals surface area contributed by atoms with Gasteiger partial charge in [0.15, 0.2) is 11.8 Å². The molecule has 2 aromatic heterocycles. The van der Waals surface area contributed by atoms with Crippen LogP contribution in [0.5, 0.6) is 0 Å². The molecule has 26 heavy (non-hydrogen) atoms. The van der Waals surface area contributed by atoms with Crippen molar-refractivity contribution < 1.29 is 4.52 Å². The van der Waals surface area contributed by atoms with Gasteiger partial charge in [-0.2, -0.15) is 0 Å². The highest BCUT2D eigenvalue weighted by Gasteiger charge is 2.13. The summed E-state index contributed by atoms with van der Waals surface area (Å²) in [5.74, 6) is 3.46. The molecule has 0 radical (unpaired) electrons. The summed E-state index contributed by atoms with van der Waals surface area (Å²) in [7, 11) is 1.96. The number of unbranched alkanes of at least 4 members (excludes halogenated alkanes) is 1. The van der Waals surface area contributed by atoms with Crippen LogP contribution in [-0.4, -0.2) is 32.4 Å². The zero-order valence-corrected chi connectivity index (χ0v) is 16.6. The van der Waals surface area contributed by atoms with Gasteiger partial charge in [0.25, 0.3) is 0 Å². The van der Waals surface area contributed by atoms with Crippen molar-refractivity contribution in [1.29, 1.82) is 0 Å². The Morgan fingerprint density at radius 2 is 1.96 bits per heavy atom. The molecule has 0 aliphatic heterocycles. The van der Waals surface area contributed by atoms with Crippen molar-refractivity contribution in [2.75, 3.05) is 6.54 Å². The predicted molar refractivity (Wildman–Crippen MR) is 102 cm³/mol. The molecule has 0 unspecified atom stereocenters. The minimum atomic E-state index is 0.551. The fourth-order valence-electron chi connectivity index (χ4n) is 2.60. The van der Waals surface area contributed by atoms with E-state index in [1.807, 2.05) is 18.5 Å². The van der Waals surface area contributed by atoms with E-state index in [0.29, 0.717) is 13.1 Å². The summed E-state index contributed by atoms with van der Waals surface area (Å²) in [4.78, 5) is 4.74. The molecule has 2 rings (SSSR count). The number of hydrogen-bond donors (Lipinski definition) is 2. The Morgan fingerprint density at radius 1 is 1.15 bits per heavy atom. The van der Waals surface area contributed by atoms with Gasteiger partial charge in [-0.25, -0.2) is 4.99 Å². The Bertz CT molecular complexity index is 696. The maximum absolute atomic E-state index is 5.43. The minimum absolute atomic E-state index is 0.551. The third-order valence-corrected chi connectivity index (χ3v) is 4.42. The minimum Gasteiger partial charge on any atom is -0.361 e. The van der Waals surface area contributed by atoms with Crippen LogP contribution in [0.2, 0.25) is 0 Å². The smallest absolute Gasteiger partial charge is 0.191 e. The molecule has 0 fully saturated rings. The fraction of sp³-hybridized carbons (Fsp3) is 0.667. The number of aryl methyl sites for hydroxylation is 3. The summed E-state index contributed by atoms with van der Waals surface area (Å²) < 4.78 is 7.41. The Kier molecular flexibility index (Phi) is 7.62. The number of nitrogens with zero attached hydrogens (tertiary/aromatic N) is 5. The second-order valence-electron chi connectivity index (χ2n) is 6.26. The highest BCUT2D eigenvalue weighted by molar-refractivity contribution is 5.79. The number of nitrogens with one attached hydrogen (secondary N) is 2. The molecule has 0 aromatic carbocycles. The van der Waals surface area contributed by atoms with Crippen LogP contribution in [-0.2, 0) is 33.0 Å². The first kappa shape index (κ1) is 19.9. The van der Waals surface area contributed by atoms with E-state index in [-0.39, 0.29) is 0 Å². The van der Waals surface area contributed by atoms with Crippen molar-refractivity contribution in [2.24, 2.45) is 12.0 Å². The molecule has 2 N–H and O–H groups in total. The van der Waals surface area contributed by atoms with Crippen molar-refractivity contribution in [3.05, 3.63) is 28.7 Å². The van der Waals surface area contributed by atoms with Crippen molar-refractivity contribution >= 4 is 5.96 Å². The van der Waals surface area contributed by atoms with Crippen LogP contribution in [0.4, 0.5) is 0 Å². The molecule has 0 atom stereocenters. The van der Waals surface area contributed by atoms with Crippen LogP contribution >= 0.6 is 0 Å². The molecule has 8 heteroatoms. The zero-order chi connectivity index (χ0) is 18.9. The van der Waals surface area contributed by atoms with Gasteiger partial charge in [-0.3, -0.25) is 0 Å². The van der Waals surface area contributed by atoms with E-state index in [0.717, 1.165) is 66.9 Å². The van der Waals surface area contributed by atoms with Crippen LogP contribution in [0, 0.1) is 6.92 Å². The van der Waals surface area contributed by atoms with Crippen LogP contribution < -0.4 is 10.6 Å². The molecule has 0 aliphatic rings. The molecule has 2 heterocycles. The van der Waals surface area contributed by atoms with Gasteiger partial charge in [0, 0.05) is 25.6 Å². The lowest BCUT2D eigenvalue weighted by molar-refractivity contribution is 0.380. The molecule has 0 spiro atoms. The maximum Gasteiger partial charge on any atom is 0.191 e. The van der Waals surface area contributed by atoms with E-state index < -0.39 is 0 Å². The molecule has 8 nitrogen and oxygen atoms in total. The monoisotopic (exact) mass is 361 g/mol. The Labute approximate surface area is 155 Å². The van der Waals surface area contributed by atoms with Crippen LogP contribution in [0.1, 0.15) is 62.3 Å². The molecule has 2 aromatic rings. The number of aliphatic imine (C=N–C) groups is 1. The molecule has 0 aliphatic carbocycles. The highest BCUT2D eigenvalue weighted by atomic mass is 16.5. The van der Waals surface area contributed by atoms with Gasteiger partial charge in [0.05, 0.1) is 18.8 Å². The molecule has 0 bridgehead atoms. The van der Waals surface area contributed by atoms with Crippen LogP contribution in [0.25, 0.3) is 0 Å². The van der Waals surface area contributed by atoms with Gasteiger partial charge in [0.1, 0.15) is 11.6 Å². The standard InChI is InChI=1S/C18H31N7O/c1-6-9-10-19-18(21-12-17-23-22-13(4)25(17)5)20-11-14-15(7-2)24-26-16(14)8-3/h6-12H2,1-5H3,(H2,19,20,21). The zero-order valence-electron chi connectivity index (χ0n) is 16.6. The van der Waals surface area contributed by atoms with Crippen molar-refractivity contribution in [2.45, 2.75) is 66.5 Å². The van der Waals surface area contributed by atoms with E-state index >= 15 is 0 Å². The summed E-state index contributed by atoms with van der Waals surface area (Å²) in [5.41, 5.74) is 2.09. The number of guanidine groups is 1. The summed E-state index contributed by atoms with van der Waals surface area (Å²) >= 11 is 0. The van der Waals surface area contributed by atoms with Crippen LogP contribution in [0.3, 0.4) is 0 Å². The number of hydrogen-bond acceptors (Lipinski definition) is 5. The third kappa shape index (κ3) is 5.06. The first-order valence-corrected chi connectivity index (χ1v) is 9.43. The average molecular weight is 361 g/mol. The molecular formula is C18H31N7O. The predicted octanol–water partition coefficient (Wildman–Crippen LogP) is 2.27. The third-order valence-electron chi connectivity index (χ3n) is 4.42. The number of rotatable bonds is 9. The summed E-state index contributed by atoms with van der Waals surface area (Å²) in [6, 6.07) is 0. The largest absolute Gasteiger partial charge is 0.361 e. The first-order chi connectivity index (χ1) is 12.6. The topological polar surface area (TPSA) is 93.2 Å². The molecule has 0 saturated carbocycles. The summed E-state index contributed by atoms with van der Waals surface area (Å²) in [6.45, 7) is 10.3. The van der Waals surface area contributed by atoms with Crippen molar-refractivity contribution in [1.82, 2.24) is 30.6 Å². The SMILES string of the molecule is CCCCNC(=NCc1c(CC)noc1CC)NCc1nnc(C)n1C. The highest BCUT2D eigenvalue weighted by Crippen LogP contribution is 2.16. The molecule has 0 amide bonds. The normalized spacial score (nSPS) is 11.8. The van der Waals surface area contributed by atoms with Gasteiger partial charge >= 0.3 is 0 Å². The van der Waals surface area contributed by atoms with E-state index in [1.165, 1.54) is 0 Å². The summed E-state index contributed by atoms with van der Waals surface area (Å²) in [6.07, 6.45) is 3.90. The van der Waals surface area contributed by atoms with E-state index in [1.54, 1.807) is 0 Å².